The summed E-state index contributed by atoms with van der Waals surface area (Å²) in [5, 5.41) is 3.39. The molecule has 3 aromatic rings. The maximum Gasteiger partial charge on any atom is 0.369 e. The van der Waals surface area contributed by atoms with E-state index in [-0.39, 0.29) is 19.1 Å². The van der Waals surface area contributed by atoms with Crippen molar-refractivity contribution < 1.29 is 19.0 Å². The van der Waals surface area contributed by atoms with Gasteiger partial charge in [-0.15, -0.1) is 0 Å². The number of fused-ring (bicyclic) bond motifs is 3. The van der Waals surface area contributed by atoms with Crippen molar-refractivity contribution in [3.63, 3.8) is 0 Å². The minimum atomic E-state index is -1.72. The Morgan fingerprint density at radius 2 is 1.69 bits per heavy atom. The molecule has 0 saturated carbocycles. The van der Waals surface area contributed by atoms with Gasteiger partial charge in [-0.2, -0.15) is 0 Å². The summed E-state index contributed by atoms with van der Waals surface area (Å²) in [4.78, 5) is 20.5. The van der Waals surface area contributed by atoms with Gasteiger partial charge in [0.15, 0.2) is 0 Å². The number of aliphatic imine (C=N–C) groups is 1. The molecule has 0 fully saturated rings. The highest BCUT2D eigenvalue weighted by molar-refractivity contribution is 6.12. The predicted molar refractivity (Wildman–Crippen MR) is 134 cm³/mol. The van der Waals surface area contributed by atoms with Gasteiger partial charge < -0.3 is 24.4 Å². The van der Waals surface area contributed by atoms with Crippen LogP contribution in [0.3, 0.4) is 0 Å². The number of carbonyl (C=O) groups is 1. The van der Waals surface area contributed by atoms with E-state index in [0.717, 1.165) is 47.6 Å². The van der Waals surface area contributed by atoms with Gasteiger partial charge in [0.2, 0.25) is 0 Å². The third-order valence-corrected chi connectivity index (χ3v) is 6.39. The van der Waals surface area contributed by atoms with Gasteiger partial charge in [0.25, 0.3) is 5.90 Å². The van der Waals surface area contributed by atoms with Crippen LogP contribution in [-0.4, -0.2) is 43.2 Å². The minimum absolute atomic E-state index is 0.129. The van der Waals surface area contributed by atoms with Crippen molar-refractivity contribution in [1.29, 1.82) is 0 Å². The van der Waals surface area contributed by atoms with E-state index in [9.17, 15) is 4.79 Å². The monoisotopic (exact) mass is 471 g/mol. The molecule has 2 heterocycles. The van der Waals surface area contributed by atoms with Crippen molar-refractivity contribution in [2.45, 2.75) is 31.9 Å². The second-order valence-corrected chi connectivity index (χ2v) is 8.85. The number of benzene rings is 3. The number of esters is 1. The van der Waals surface area contributed by atoms with Gasteiger partial charge in [-0.05, 0) is 41.8 Å². The highest BCUT2D eigenvalue weighted by Gasteiger charge is 2.52. The predicted octanol–water partition coefficient (Wildman–Crippen LogP) is 4.43. The van der Waals surface area contributed by atoms with E-state index >= 15 is 0 Å². The first-order chi connectivity index (χ1) is 17.1. The quantitative estimate of drug-likeness (QED) is 0.536. The summed E-state index contributed by atoms with van der Waals surface area (Å²) in [5.74, 6) is -0.485. The summed E-state index contributed by atoms with van der Waals surface area (Å²) in [6.45, 7) is 2.16. The number of hydrogen-bond acceptors (Lipinski definition) is 7. The Labute approximate surface area is 205 Å². The molecule has 0 amide bonds. The lowest BCUT2D eigenvalue weighted by Gasteiger charge is -2.38. The molecule has 1 N–H and O–H groups in total. The number of rotatable bonds is 6. The molecule has 7 nitrogen and oxygen atoms in total. The molecule has 0 bridgehead atoms. The van der Waals surface area contributed by atoms with Crippen molar-refractivity contribution in [3.8, 4) is 0 Å². The minimum Gasteiger partial charge on any atom is -0.472 e. The zero-order valence-electron chi connectivity index (χ0n) is 20.0. The van der Waals surface area contributed by atoms with E-state index in [1.54, 1.807) is 0 Å². The summed E-state index contributed by atoms with van der Waals surface area (Å²) < 4.78 is 17.7. The molecule has 0 radical (unpaired) electrons. The first-order valence-electron chi connectivity index (χ1n) is 11.7. The molecule has 2 aliphatic rings. The second-order valence-electron chi connectivity index (χ2n) is 8.85. The van der Waals surface area contributed by atoms with Crippen molar-refractivity contribution in [2.24, 2.45) is 4.99 Å². The summed E-state index contributed by atoms with van der Waals surface area (Å²) in [6, 6.07) is 23.5. The average Bonchev–Trinajstić information content (AvgIpc) is 2.91. The van der Waals surface area contributed by atoms with Gasteiger partial charge >= 0.3 is 11.7 Å². The molecule has 2 aliphatic heterocycles. The SMILES string of the molecule is COC(=O)C1(OCc2ccccc2)Nc2c(ccc3c2CCN(C)C3)N=C1OCc1ccccc1. The fourth-order valence-electron chi connectivity index (χ4n) is 4.50. The molecule has 0 aromatic heterocycles. The Balaban J connectivity index is 1.56. The summed E-state index contributed by atoms with van der Waals surface area (Å²) in [7, 11) is 3.45. The van der Waals surface area contributed by atoms with Crippen LogP contribution in [0, 0.1) is 0 Å². The third-order valence-electron chi connectivity index (χ3n) is 6.39. The van der Waals surface area contributed by atoms with Crippen LogP contribution >= 0.6 is 0 Å². The smallest absolute Gasteiger partial charge is 0.369 e. The second kappa shape index (κ2) is 9.90. The molecule has 3 aromatic carbocycles. The van der Waals surface area contributed by atoms with Crippen LogP contribution in [-0.2, 0) is 45.2 Å². The van der Waals surface area contributed by atoms with Crippen LogP contribution in [0.25, 0.3) is 0 Å². The lowest BCUT2D eigenvalue weighted by Crippen LogP contribution is -2.58. The van der Waals surface area contributed by atoms with Crippen molar-refractivity contribution >= 4 is 23.2 Å². The van der Waals surface area contributed by atoms with Crippen LogP contribution in [0.15, 0.2) is 77.8 Å². The van der Waals surface area contributed by atoms with E-state index < -0.39 is 11.7 Å². The van der Waals surface area contributed by atoms with Gasteiger partial charge in [0.1, 0.15) is 6.61 Å². The van der Waals surface area contributed by atoms with E-state index in [4.69, 9.17) is 19.2 Å². The fourth-order valence-corrected chi connectivity index (χ4v) is 4.50. The first kappa shape index (κ1) is 23.1. The Bertz CT molecular complexity index is 1230. The average molecular weight is 472 g/mol. The van der Waals surface area contributed by atoms with Crippen molar-refractivity contribution in [3.05, 3.63) is 95.1 Å². The van der Waals surface area contributed by atoms with E-state index in [2.05, 4.69) is 23.3 Å². The third kappa shape index (κ3) is 4.65. The van der Waals surface area contributed by atoms with E-state index in [0.29, 0.717) is 0 Å². The van der Waals surface area contributed by atoms with Crippen LogP contribution in [0.5, 0.6) is 0 Å². The van der Waals surface area contributed by atoms with Crippen molar-refractivity contribution in [2.75, 3.05) is 26.0 Å². The Morgan fingerprint density at radius 1 is 1.00 bits per heavy atom. The molecular formula is C28H29N3O4. The van der Waals surface area contributed by atoms with Crippen molar-refractivity contribution in [1.82, 2.24) is 4.90 Å². The maximum absolute atomic E-state index is 13.4. The number of hydrogen-bond donors (Lipinski definition) is 1. The topological polar surface area (TPSA) is 72.4 Å². The summed E-state index contributed by atoms with van der Waals surface area (Å²) in [5.41, 5.74) is 4.02. The van der Waals surface area contributed by atoms with Gasteiger partial charge in [-0.3, -0.25) is 0 Å². The van der Waals surface area contributed by atoms with Crippen LogP contribution in [0.4, 0.5) is 11.4 Å². The van der Waals surface area contributed by atoms with Crippen LogP contribution in [0.1, 0.15) is 22.3 Å². The zero-order chi connectivity index (χ0) is 24.3. The number of ether oxygens (including phenoxy) is 3. The molecule has 0 spiro atoms. The highest BCUT2D eigenvalue weighted by Crippen LogP contribution is 2.41. The maximum atomic E-state index is 13.4. The standard InChI is InChI=1S/C28H29N3O4/c1-31-16-15-23-22(17-31)13-14-24-25(23)30-28(27(32)33-2,35-19-21-11-7-4-8-12-21)26(29-24)34-18-20-9-5-3-6-10-20/h3-14,30H,15-19H2,1-2H3. The molecule has 1 atom stereocenters. The Hall–Kier alpha value is -3.68. The van der Waals surface area contributed by atoms with E-state index in [1.807, 2.05) is 66.7 Å². The number of methoxy groups -OCH3 is 1. The largest absolute Gasteiger partial charge is 0.472 e. The van der Waals surface area contributed by atoms with Gasteiger partial charge in [-0.25, -0.2) is 9.79 Å². The number of likely N-dealkylation sites (N-methyl/N-ethyl adjacent to an activating group) is 1. The Kier molecular flexibility index (Phi) is 6.53. The van der Waals surface area contributed by atoms with Crippen LogP contribution in [0.2, 0.25) is 0 Å². The zero-order valence-corrected chi connectivity index (χ0v) is 20.0. The number of anilines is 1. The Morgan fingerprint density at radius 3 is 2.37 bits per heavy atom. The number of nitrogens with zero attached hydrogens (tertiary/aromatic N) is 2. The lowest BCUT2D eigenvalue weighted by molar-refractivity contribution is -0.160. The molecule has 35 heavy (non-hydrogen) atoms. The lowest BCUT2D eigenvalue weighted by atomic mass is 9.95. The van der Waals surface area contributed by atoms with Gasteiger partial charge in [0, 0.05) is 13.1 Å². The highest BCUT2D eigenvalue weighted by atomic mass is 16.6. The molecule has 180 valence electrons. The van der Waals surface area contributed by atoms with Gasteiger partial charge in [0.05, 0.1) is 25.1 Å². The summed E-state index contributed by atoms with van der Waals surface area (Å²) in [6.07, 6.45) is 0.841. The van der Waals surface area contributed by atoms with Crippen LogP contribution < -0.4 is 5.32 Å². The number of carbonyl (C=O) groups excluding carboxylic acids is 1. The molecule has 0 aliphatic carbocycles. The molecule has 5 rings (SSSR count). The molecule has 1 unspecified atom stereocenters. The number of nitrogens with one attached hydrogen (secondary N) is 1. The van der Waals surface area contributed by atoms with E-state index in [1.165, 1.54) is 12.7 Å². The normalized spacial score (nSPS) is 19.1. The summed E-state index contributed by atoms with van der Waals surface area (Å²) >= 11 is 0. The van der Waals surface area contributed by atoms with Gasteiger partial charge in [-0.1, -0.05) is 66.7 Å². The first-order valence-corrected chi connectivity index (χ1v) is 11.7. The molecular weight excluding hydrogens is 442 g/mol. The molecule has 0 saturated heterocycles. The molecule has 7 heteroatoms. The fraction of sp³-hybridized carbons (Fsp3) is 0.286.